The summed E-state index contributed by atoms with van der Waals surface area (Å²) in [5.74, 6) is 0.722. The lowest BCUT2D eigenvalue weighted by atomic mass is 10.2. The summed E-state index contributed by atoms with van der Waals surface area (Å²) < 4.78 is 4.97. The number of methoxy groups -OCH3 is 1. The summed E-state index contributed by atoms with van der Waals surface area (Å²) in [6, 6.07) is 0.479. The SMILES string of the molecule is COC[C@H](C)NCC(C)C.[HH]. The number of hydrogen-bond donors (Lipinski definition) is 1. The lowest BCUT2D eigenvalue weighted by molar-refractivity contribution is 0.171. The van der Waals surface area contributed by atoms with Crippen LogP contribution in [0.25, 0.3) is 0 Å². The van der Waals surface area contributed by atoms with Gasteiger partial charge in [0.2, 0.25) is 0 Å². The minimum atomic E-state index is 0. The van der Waals surface area contributed by atoms with Gasteiger partial charge in [-0.25, -0.2) is 0 Å². The van der Waals surface area contributed by atoms with Crippen LogP contribution in [0, 0.1) is 5.92 Å². The van der Waals surface area contributed by atoms with Crippen molar-refractivity contribution in [1.29, 1.82) is 0 Å². The van der Waals surface area contributed by atoms with E-state index in [0.717, 1.165) is 19.1 Å². The molecule has 1 atom stereocenters. The Morgan fingerprint density at radius 2 is 2.00 bits per heavy atom. The summed E-state index contributed by atoms with van der Waals surface area (Å²) in [6.45, 7) is 8.40. The number of nitrogens with one attached hydrogen (secondary N) is 1. The van der Waals surface area contributed by atoms with Gasteiger partial charge in [0.1, 0.15) is 0 Å². The maximum Gasteiger partial charge on any atom is 0.0613 e. The van der Waals surface area contributed by atoms with Gasteiger partial charge in [0.15, 0.2) is 0 Å². The average Bonchev–Trinajstić information content (AvgIpc) is 1.85. The van der Waals surface area contributed by atoms with Gasteiger partial charge >= 0.3 is 0 Å². The van der Waals surface area contributed by atoms with Crippen molar-refractivity contribution in [3.05, 3.63) is 0 Å². The molecule has 0 aliphatic rings. The van der Waals surface area contributed by atoms with Gasteiger partial charge in [-0.1, -0.05) is 13.8 Å². The second-order valence-corrected chi connectivity index (χ2v) is 3.16. The molecule has 0 amide bonds. The maximum atomic E-state index is 4.97. The zero-order chi connectivity index (χ0) is 7.98. The van der Waals surface area contributed by atoms with Crippen LogP contribution in [0.5, 0.6) is 0 Å². The normalized spacial score (nSPS) is 14.1. The molecule has 0 saturated heterocycles. The fourth-order valence-electron chi connectivity index (χ4n) is 0.746. The van der Waals surface area contributed by atoms with Crippen molar-refractivity contribution in [2.45, 2.75) is 26.8 Å². The van der Waals surface area contributed by atoms with Crippen LogP contribution in [0.4, 0.5) is 0 Å². The Labute approximate surface area is 65.4 Å². The lowest BCUT2D eigenvalue weighted by Crippen LogP contribution is -2.32. The third-order valence-corrected chi connectivity index (χ3v) is 1.29. The van der Waals surface area contributed by atoms with Crippen molar-refractivity contribution in [3.63, 3.8) is 0 Å². The predicted molar refractivity (Wildman–Crippen MR) is 46.3 cm³/mol. The highest BCUT2D eigenvalue weighted by molar-refractivity contribution is 4.59. The van der Waals surface area contributed by atoms with Crippen LogP contribution >= 0.6 is 0 Å². The molecule has 0 spiro atoms. The van der Waals surface area contributed by atoms with E-state index < -0.39 is 0 Å². The van der Waals surface area contributed by atoms with Crippen molar-refractivity contribution in [3.8, 4) is 0 Å². The van der Waals surface area contributed by atoms with E-state index in [4.69, 9.17) is 4.74 Å². The molecule has 0 radical (unpaired) electrons. The molecule has 0 rings (SSSR count). The summed E-state index contributed by atoms with van der Waals surface area (Å²) in [7, 11) is 1.73. The minimum Gasteiger partial charge on any atom is -0.383 e. The number of ether oxygens (including phenoxy) is 1. The highest BCUT2D eigenvalue weighted by Gasteiger charge is 1.99. The van der Waals surface area contributed by atoms with Crippen LogP contribution < -0.4 is 5.32 Å². The van der Waals surface area contributed by atoms with Gasteiger partial charge in [-0.15, -0.1) is 0 Å². The first-order chi connectivity index (χ1) is 4.66. The van der Waals surface area contributed by atoms with Crippen LogP contribution in [0.15, 0.2) is 0 Å². The van der Waals surface area contributed by atoms with Gasteiger partial charge in [0.25, 0.3) is 0 Å². The molecular weight excluding hydrogens is 126 g/mol. The molecule has 1 N–H and O–H groups in total. The van der Waals surface area contributed by atoms with Crippen LogP contribution in [0.3, 0.4) is 0 Å². The van der Waals surface area contributed by atoms with Gasteiger partial charge < -0.3 is 10.1 Å². The Hall–Kier alpha value is -0.0800. The van der Waals surface area contributed by atoms with Crippen LogP contribution in [0.1, 0.15) is 22.2 Å². The van der Waals surface area contributed by atoms with Gasteiger partial charge in [-0.3, -0.25) is 0 Å². The summed E-state index contributed by atoms with van der Waals surface area (Å²) in [4.78, 5) is 0. The Kier molecular flexibility index (Phi) is 5.64. The third kappa shape index (κ3) is 6.05. The Morgan fingerprint density at radius 1 is 1.40 bits per heavy atom. The highest BCUT2D eigenvalue weighted by atomic mass is 16.5. The molecule has 0 aromatic heterocycles. The van der Waals surface area contributed by atoms with Crippen molar-refractivity contribution < 1.29 is 6.16 Å². The van der Waals surface area contributed by atoms with Crippen molar-refractivity contribution in [2.75, 3.05) is 20.3 Å². The summed E-state index contributed by atoms with van der Waals surface area (Å²) in [5, 5.41) is 3.36. The van der Waals surface area contributed by atoms with E-state index in [0.29, 0.717) is 6.04 Å². The van der Waals surface area contributed by atoms with E-state index in [2.05, 4.69) is 26.1 Å². The molecule has 10 heavy (non-hydrogen) atoms. The molecule has 0 aromatic rings. The molecule has 2 heteroatoms. The molecule has 0 unspecified atom stereocenters. The summed E-state index contributed by atoms with van der Waals surface area (Å²) in [5.41, 5.74) is 0. The molecule has 0 aromatic carbocycles. The molecule has 2 nitrogen and oxygen atoms in total. The van der Waals surface area contributed by atoms with Gasteiger partial charge in [-0.2, -0.15) is 0 Å². The highest BCUT2D eigenvalue weighted by Crippen LogP contribution is 1.89. The van der Waals surface area contributed by atoms with Crippen molar-refractivity contribution in [1.82, 2.24) is 5.32 Å². The monoisotopic (exact) mass is 147 g/mol. The maximum absolute atomic E-state index is 4.97. The summed E-state index contributed by atoms with van der Waals surface area (Å²) in [6.07, 6.45) is 0. The Bertz CT molecular complexity index is 78.5. The van der Waals surface area contributed by atoms with E-state index in [1.165, 1.54) is 0 Å². The zero-order valence-corrected chi connectivity index (χ0v) is 7.48. The lowest BCUT2D eigenvalue weighted by Gasteiger charge is -2.13. The van der Waals surface area contributed by atoms with Crippen LogP contribution in [0.2, 0.25) is 0 Å². The first-order valence-electron chi connectivity index (χ1n) is 3.89. The predicted octanol–water partition coefficient (Wildman–Crippen LogP) is 1.51. The molecule has 0 aliphatic carbocycles. The topological polar surface area (TPSA) is 21.3 Å². The second-order valence-electron chi connectivity index (χ2n) is 3.16. The fourth-order valence-corrected chi connectivity index (χ4v) is 0.746. The molecule has 0 fully saturated rings. The first kappa shape index (κ1) is 9.92. The quantitative estimate of drug-likeness (QED) is 0.636. The molecule has 64 valence electrons. The van der Waals surface area contributed by atoms with E-state index in [-0.39, 0.29) is 1.43 Å². The van der Waals surface area contributed by atoms with Crippen LogP contribution in [-0.4, -0.2) is 26.3 Å². The van der Waals surface area contributed by atoms with Gasteiger partial charge in [0, 0.05) is 14.6 Å². The molecular formula is C8H21NO. The van der Waals surface area contributed by atoms with E-state index >= 15 is 0 Å². The smallest absolute Gasteiger partial charge is 0.0613 e. The van der Waals surface area contributed by atoms with E-state index in [1.54, 1.807) is 7.11 Å². The standard InChI is InChI=1S/C8H19NO.H2/c1-7(2)5-9-8(3)6-10-4;/h7-9H,5-6H2,1-4H3;1H/t8-;/m0./s1. The Morgan fingerprint density at radius 3 is 2.40 bits per heavy atom. The fraction of sp³-hybridized carbons (Fsp3) is 1.00. The average molecular weight is 147 g/mol. The van der Waals surface area contributed by atoms with Crippen molar-refractivity contribution >= 4 is 0 Å². The van der Waals surface area contributed by atoms with Gasteiger partial charge in [0.05, 0.1) is 6.61 Å². The third-order valence-electron chi connectivity index (χ3n) is 1.29. The second kappa shape index (κ2) is 5.69. The molecule has 0 bridgehead atoms. The van der Waals surface area contributed by atoms with Crippen molar-refractivity contribution in [2.24, 2.45) is 5.92 Å². The minimum absolute atomic E-state index is 0. The first-order valence-corrected chi connectivity index (χ1v) is 3.89. The van der Waals surface area contributed by atoms with E-state index in [9.17, 15) is 0 Å². The summed E-state index contributed by atoms with van der Waals surface area (Å²) >= 11 is 0. The zero-order valence-electron chi connectivity index (χ0n) is 7.48. The number of hydrogen-bond acceptors (Lipinski definition) is 2. The van der Waals surface area contributed by atoms with Gasteiger partial charge in [-0.05, 0) is 19.4 Å². The largest absolute Gasteiger partial charge is 0.383 e. The Balaban J connectivity index is 0. The van der Waals surface area contributed by atoms with E-state index in [1.807, 2.05) is 0 Å². The molecule has 0 heterocycles. The molecule has 0 saturated carbocycles. The molecule has 0 aliphatic heterocycles. The number of rotatable bonds is 5. The van der Waals surface area contributed by atoms with Crippen LogP contribution in [-0.2, 0) is 4.74 Å².